The number of nitrogens with zero attached hydrogens (tertiary/aromatic N) is 2. The third-order valence-corrected chi connectivity index (χ3v) is 6.14. The van der Waals surface area contributed by atoms with Crippen LogP contribution in [-0.4, -0.2) is 11.7 Å². The monoisotopic (exact) mass is 385 g/mol. The number of carbonyl (C=O) groups excluding carboxylic acids is 2. The molecule has 1 saturated carbocycles. The summed E-state index contributed by atoms with van der Waals surface area (Å²) in [5.74, 6) is -1.36. The Balaban J connectivity index is 2.35. The highest BCUT2D eigenvalue weighted by Crippen LogP contribution is 2.60. The van der Waals surface area contributed by atoms with E-state index < -0.39 is 22.7 Å². The zero-order chi connectivity index (χ0) is 21.2. The molecule has 0 aromatic heterocycles. The van der Waals surface area contributed by atoms with Gasteiger partial charge in [0.15, 0.2) is 5.41 Å². The Morgan fingerprint density at radius 2 is 2.00 bits per heavy atom. The Morgan fingerprint density at radius 1 is 1.31 bits per heavy atom. The van der Waals surface area contributed by atoms with Gasteiger partial charge in [-0.1, -0.05) is 55.5 Å². The van der Waals surface area contributed by atoms with Gasteiger partial charge < -0.3 is 5.32 Å². The van der Waals surface area contributed by atoms with Crippen LogP contribution in [0.25, 0.3) is 0 Å². The molecule has 0 saturated heterocycles. The van der Waals surface area contributed by atoms with E-state index in [1.165, 1.54) is 0 Å². The number of hydrogen-bond donors (Lipinski definition) is 1. The summed E-state index contributed by atoms with van der Waals surface area (Å²) in [7, 11) is 0. The van der Waals surface area contributed by atoms with Gasteiger partial charge in [0, 0.05) is 24.4 Å². The lowest BCUT2D eigenvalue weighted by molar-refractivity contribution is -0.135. The summed E-state index contributed by atoms with van der Waals surface area (Å²) < 4.78 is 0. The summed E-state index contributed by atoms with van der Waals surface area (Å²) in [6.45, 7) is 7.90. The molecule has 1 amide bonds. The summed E-state index contributed by atoms with van der Waals surface area (Å²) in [5.41, 5.74) is -0.759. The Kier molecular flexibility index (Phi) is 5.27. The molecule has 29 heavy (non-hydrogen) atoms. The van der Waals surface area contributed by atoms with E-state index in [1.54, 1.807) is 24.3 Å². The minimum absolute atomic E-state index is 0.0285. The molecular weight excluding hydrogens is 362 g/mol. The van der Waals surface area contributed by atoms with Gasteiger partial charge in [-0.2, -0.15) is 10.5 Å². The average Bonchev–Trinajstić information content (AvgIpc) is 3.00. The summed E-state index contributed by atoms with van der Waals surface area (Å²) in [4.78, 5) is 26.2. The molecule has 2 atom stereocenters. The molecule has 1 spiro atoms. The molecule has 1 aliphatic heterocycles. The third-order valence-electron chi connectivity index (χ3n) is 6.14. The van der Waals surface area contributed by atoms with E-state index in [0.717, 1.165) is 5.57 Å². The molecule has 1 fully saturated rings. The summed E-state index contributed by atoms with van der Waals surface area (Å²) in [5, 5.41) is 23.5. The first-order chi connectivity index (χ1) is 13.9. The zero-order valence-corrected chi connectivity index (χ0v) is 16.7. The number of ketones is 1. The molecule has 5 nitrogen and oxygen atoms in total. The van der Waals surface area contributed by atoms with Crippen LogP contribution in [0.4, 0.5) is 5.69 Å². The maximum absolute atomic E-state index is 13.3. The fraction of sp³-hybridized carbons (Fsp3) is 0.333. The smallest absolute Gasteiger partial charge is 0.238 e. The van der Waals surface area contributed by atoms with Gasteiger partial charge in [0.2, 0.25) is 5.91 Å². The van der Waals surface area contributed by atoms with E-state index in [1.807, 2.05) is 32.1 Å². The molecule has 0 unspecified atom stereocenters. The van der Waals surface area contributed by atoms with Crippen molar-refractivity contribution < 1.29 is 9.59 Å². The second-order valence-electron chi connectivity index (χ2n) is 7.51. The molecule has 0 bridgehead atoms. The predicted octanol–water partition coefficient (Wildman–Crippen LogP) is 4.36. The third kappa shape index (κ3) is 2.74. The number of carbonyl (C=O) groups is 2. The minimum Gasteiger partial charge on any atom is -0.325 e. The Morgan fingerprint density at radius 3 is 2.62 bits per heavy atom. The van der Waals surface area contributed by atoms with E-state index in [9.17, 15) is 20.1 Å². The van der Waals surface area contributed by atoms with Gasteiger partial charge in [-0.05, 0) is 30.5 Å². The standard InChI is InChI=1S/C24H23N3O2/c1-4-6-9-18(16(3)5-2)20-12-17(28)13-24(23(20,14-25)15-26)19-10-7-8-11-21(19)27-22(24)29/h4,6-11,20H,3,5,12-13H2,1-2H3,(H,27,29)/b6-4-,18-9+/t20-,24-/m1/s1. The first-order valence-corrected chi connectivity index (χ1v) is 9.68. The van der Waals surface area contributed by atoms with Crippen molar-refractivity contribution in [2.75, 3.05) is 5.32 Å². The summed E-state index contributed by atoms with van der Waals surface area (Å²) in [6.07, 6.45) is 5.93. The molecule has 1 aromatic carbocycles. The Bertz CT molecular complexity index is 1020. The van der Waals surface area contributed by atoms with Gasteiger partial charge >= 0.3 is 0 Å². The van der Waals surface area contributed by atoms with Gasteiger partial charge in [-0.25, -0.2) is 0 Å². The lowest BCUT2D eigenvalue weighted by Gasteiger charge is -2.46. The van der Waals surface area contributed by atoms with Crippen LogP contribution in [-0.2, 0) is 15.0 Å². The molecule has 146 valence electrons. The molecule has 1 N–H and O–H groups in total. The van der Waals surface area contributed by atoms with Gasteiger partial charge in [0.05, 0.1) is 12.1 Å². The van der Waals surface area contributed by atoms with E-state index in [-0.39, 0.29) is 18.6 Å². The van der Waals surface area contributed by atoms with Gasteiger partial charge in [-0.15, -0.1) is 0 Å². The van der Waals surface area contributed by atoms with Crippen LogP contribution in [0.5, 0.6) is 0 Å². The number of Topliss-reactive ketones (excluding diaryl/α,β-unsaturated/α-hetero) is 1. The van der Waals surface area contributed by atoms with Crippen molar-refractivity contribution in [2.24, 2.45) is 11.3 Å². The average molecular weight is 385 g/mol. The number of rotatable bonds is 4. The number of allylic oxidation sites excluding steroid dienone is 5. The molecule has 2 aliphatic rings. The number of nitrogens with one attached hydrogen (secondary N) is 1. The highest BCUT2D eigenvalue weighted by atomic mass is 16.2. The van der Waals surface area contributed by atoms with Crippen molar-refractivity contribution >= 4 is 17.4 Å². The molecule has 1 heterocycles. The molecule has 1 aromatic rings. The van der Waals surface area contributed by atoms with E-state index >= 15 is 0 Å². The van der Waals surface area contributed by atoms with Crippen molar-refractivity contribution in [1.29, 1.82) is 10.5 Å². The van der Waals surface area contributed by atoms with Gasteiger partial charge in [0.25, 0.3) is 0 Å². The number of para-hydroxylation sites is 1. The largest absolute Gasteiger partial charge is 0.325 e. The zero-order valence-electron chi connectivity index (χ0n) is 16.7. The van der Waals surface area contributed by atoms with Crippen molar-refractivity contribution in [3.05, 3.63) is 65.8 Å². The van der Waals surface area contributed by atoms with Gasteiger partial charge in [-0.3, -0.25) is 9.59 Å². The van der Waals surface area contributed by atoms with Crippen LogP contribution in [0.2, 0.25) is 0 Å². The number of amides is 1. The number of nitriles is 2. The minimum atomic E-state index is -1.73. The Hall–Kier alpha value is -3.44. The van der Waals surface area contributed by atoms with E-state index in [4.69, 9.17) is 0 Å². The topological polar surface area (TPSA) is 93.8 Å². The SMILES string of the molecule is C=C(CC)/C(=C\C=C/C)[C@H]1CC(=O)C[C@@]2(C(=O)Nc3ccccc32)C1(C#N)C#N. The normalized spacial score (nSPS) is 25.4. The number of hydrogen-bond acceptors (Lipinski definition) is 4. The van der Waals surface area contributed by atoms with Crippen LogP contribution in [0, 0.1) is 34.0 Å². The summed E-state index contributed by atoms with van der Waals surface area (Å²) >= 11 is 0. The fourth-order valence-corrected chi connectivity index (χ4v) is 4.67. The van der Waals surface area contributed by atoms with E-state index in [0.29, 0.717) is 23.2 Å². The first kappa shape index (κ1) is 20.3. The fourth-order valence-electron chi connectivity index (χ4n) is 4.67. The van der Waals surface area contributed by atoms with Crippen molar-refractivity contribution in [2.45, 2.75) is 38.5 Å². The summed E-state index contributed by atoms with van der Waals surface area (Å²) in [6, 6.07) is 11.4. The van der Waals surface area contributed by atoms with Crippen LogP contribution >= 0.6 is 0 Å². The second kappa shape index (κ2) is 7.53. The van der Waals surface area contributed by atoms with Crippen LogP contribution < -0.4 is 5.32 Å². The maximum atomic E-state index is 13.3. The number of anilines is 1. The van der Waals surface area contributed by atoms with Crippen LogP contribution in [0.1, 0.15) is 38.7 Å². The maximum Gasteiger partial charge on any atom is 0.238 e. The molecule has 1 aliphatic carbocycles. The molecule has 3 rings (SSSR count). The van der Waals surface area contributed by atoms with Crippen LogP contribution in [0.3, 0.4) is 0 Å². The highest BCUT2D eigenvalue weighted by Gasteiger charge is 2.69. The second-order valence-corrected chi connectivity index (χ2v) is 7.51. The Labute approximate surface area is 171 Å². The molecular formula is C24H23N3O2. The van der Waals surface area contributed by atoms with Crippen molar-refractivity contribution in [1.82, 2.24) is 0 Å². The molecule has 0 radical (unpaired) electrons. The van der Waals surface area contributed by atoms with E-state index in [2.05, 4.69) is 24.0 Å². The van der Waals surface area contributed by atoms with Crippen molar-refractivity contribution in [3.63, 3.8) is 0 Å². The first-order valence-electron chi connectivity index (χ1n) is 9.68. The van der Waals surface area contributed by atoms with Gasteiger partial charge in [0.1, 0.15) is 11.2 Å². The highest BCUT2D eigenvalue weighted by molar-refractivity contribution is 6.11. The number of fused-ring (bicyclic) bond motifs is 2. The quantitative estimate of drug-likeness (QED) is 0.779. The van der Waals surface area contributed by atoms with Crippen molar-refractivity contribution in [3.8, 4) is 12.1 Å². The molecule has 5 heteroatoms. The number of benzene rings is 1. The lowest BCUT2D eigenvalue weighted by Crippen LogP contribution is -2.58. The predicted molar refractivity (Wildman–Crippen MR) is 110 cm³/mol. The lowest BCUT2D eigenvalue weighted by atomic mass is 9.48. The van der Waals surface area contributed by atoms with Crippen LogP contribution in [0.15, 0.2) is 60.2 Å².